The van der Waals surface area contributed by atoms with E-state index in [0.29, 0.717) is 0 Å². The maximum Gasteiger partial charge on any atom is 0.200 e. The summed E-state index contributed by atoms with van der Waals surface area (Å²) in [5.41, 5.74) is -2.66. The first-order chi connectivity index (χ1) is 7.93. The Morgan fingerprint density at radius 2 is 0.833 bits per heavy atom. The highest BCUT2D eigenvalue weighted by molar-refractivity contribution is 5.32. The fourth-order valence-corrected chi connectivity index (χ4v) is 1.53. The lowest BCUT2D eigenvalue weighted by molar-refractivity contribution is 0.205. The first kappa shape index (κ1) is 14.9. The standard InChI is InChI=1S/C13H15F5/c1-12(2,3)13(4,5)6-7(14)9(16)11(18)10(17)8(6)15/h1-5H3. The molecule has 0 aliphatic rings. The van der Waals surface area contributed by atoms with Crippen LogP contribution in [0.25, 0.3) is 0 Å². The van der Waals surface area contributed by atoms with E-state index in [9.17, 15) is 22.0 Å². The zero-order valence-electron chi connectivity index (χ0n) is 10.9. The Labute approximate surface area is 103 Å². The molecule has 1 aromatic rings. The topological polar surface area (TPSA) is 0 Å². The molecule has 0 radical (unpaired) electrons. The van der Waals surface area contributed by atoms with Crippen molar-refractivity contribution in [1.29, 1.82) is 0 Å². The second-order valence-corrected chi connectivity index (χ2v) is 5.82. The van der Waals surface area contributed by atoms with Crippen LogP contribution in [-0.2, 0) is 5.41 Å². The van der Waals surface area contributed by atoms with Crippen molar-refractivity contribution in [1.82, 2.24) is 0 Å². The van der Waals surface area contributed by atoms with Gasteiger partial charge in [0.2, 0.25) is 5.82 Å². The largest absolute Gasteiger partial charge is 0.203 e. The van der Waals surface area contributed by atoms with E-state index >= 15 is 0 Å². The van der Waals surface area contributed by atoms with Gasteiger partial charge in [0, 0.05) is 11.0 Å². The molecule has 1 aromatic carbocycles. The molecular formula is C13H15F5. The lowest BCUT2D eigenvalue weighted by Crippen LogP contribution is -2.36. The van der Waals surface area contributed by atoms with Crippen molar-refractivity contribution < 1.29 is 22.0 Å². The van der Waals surface area contributed by atoms with Crippen LogP contribution in [0.1, 0.15) is 40.2 Å². The van der Waals surface area contributed by atoms with Gasteiger partial charge in [-0.25, -0.2) is 22.0 Å². The summed E-state index contributed by atoms with van der Waals surface area (Å²) in [5.74, 6) is -9.45. The third-order valence-corrected chi connectivity index (χ3v) is 3.71. The molecule has 0 fully saturated rings. The quantitative estimate of drug-likeness (QED) is 0.392. The van der Waals surface area contributed by atoms with Gasteiger partial charge in [0.25, 0.3) is 0 Å². The van der Waals surface area contributed by atoms with Crippen LogP contribution in [0.5, 0.6) is 0 Å². The van der Waals surface area contributed by atoms with Crippen LogP contribution in [0, 0.1) is 34.5 Å². The normalized spacial score (nSPS) is 13.0. The average Bonchev–Trinajstić information content (AvgIpc) is 2.22. The van der Waals surface area contributed by atoms with Crippen molar-refractivity contribution >= 4 is 0 Å². The molecule has 0 amide bonds. The van der Waals surface area contributed by atoms with Gasteiger partial charge in [0.15, 0.2) is 23.3 Å². The number of halogens is 5. The number of hydrogen-bond acceptors (Lipinski definition) is 0. The van der Waals surface area contributed by atoms with Gasteiger partial charge in [-0.2, -0.15) is 0 Å². The van der Waals surface area contributed by atoms with E-state index in [1.807, 2.05) is 0 Å². The number of rotatable bonds is 1. The Bertz CT molecular complexity index is 454. The maximum atomic E-state index is 13.7. The third-order valence-electron chi connectivity index (χ3n) is 3.71. The van der Waals surface area contributed by atoms with Crippen LogP contribution in [0.3, 0.4) is 0 Å². The van der Waals surface area contributed by atoms with Crippen LogP contribution < -0.4 is 0 Å². The van der Waals surface area contributed by atoms with Gasteiger partial charge >= 0.3 is 0 Å². The minimum absolute atomic E-state index is 0.675. The molecular weight excluding hydrogens is 251 g/mol. The second-order valence-electron chi connectivity index (χ2n) is 5.82. The Morgan fingerprint density at radius 1 is 0.556 bits per heavy atom. The van der Waals surface area contributed by atoms with E-state index in [0.717, 1.165) is 0 Å². The number of hydrogen-bond donors (Lipinski definition) is 0. The molecule has 0 atom stereocenters. The summed E-state index contributed by atoms with van der Waals surface area (Å²) in [6.45, 7) is 7.91. The molecule has 0 aromatic heterocycles. The third kappa shape index (κ3) is 1.99. The van der Waals surface area contributed by atoms with Crippen molar-refractivity contribution in [2.45, 2.75) is 40.0 Å². The minimum Gasteiger partial charge on any atom is -0.203 e. The second kappa shape index (κ2) is 4.21. The highest BCUT2D eigenvalue weighted by Gasteiger charge is 2.42. The van der Waals surface area contributed by atoms with Gasteiger partial charge < -0.3 is 0 Å². The smallest absolute Gasteiger partial charge is 0.200 e. The summed E-state index contributed by atoms with van der Waals surface area (Å²) < 4.78 is 66.7. The molecule has 0 spiro atoms. The molecule has 1 rings (SSSR count). The minimum atomic E-state index is -2.13. The zero-order chi connectivity index (χ0) is 14.5. The van der Waals surface area contributed by atoms with Crippen molar-refractivity contribution in [3.63, 3.8) is 0 Å². The summed E-state index contributed by atoms with van der Waals surface area (Å²) in [7, 11) is 0. The fourth-order valence-electron chi connectivity index (χ4n) is 1.53. The number of benzene rings is 1. The van der Waals surface area contributed by atoms with Crippen molar-refractivity contribution in [3.8, 4) is 0 Å². The molecule has 0 aliphatic carbocycles. The summed E-state index contributed by atoms with van der Waals surface area (Å²) in [6, 6.07) is 0. The fraction of sp³-hybridized carbons (Fsp3) is 0.538. The van der Waals surface area contributed by atoms with Crippen molar-refractivity contribution in [2.75, 3.05) is 0 Å². The van der Waals surface area contributed by atoms with E-state index in [1.54, 1.807) is 20.8 Å². The Morgan fingerprint density at radius 3 is 1.11 bits per heavy atom. The van der Waals surface area contributed by atoms with E-state index < -0.39 is 45.5 Å². The van der Waals surface area contributed by atoms with Crippen LogP contribution in [0.15, 0.2) is 0 Å². The SMILES string of the molecule is CC(C)(C)C(C)(C)c1c(F)c(F)c(F)c(F)c1F. The molecule has 0 N–H and O–H groups in total. The van der Waals surface area contributed by atoms with Crippen molar-refractivity contribution in [3.05, 3.63) is 34.6 Å². The first-order valence-electron chi connectivity index (χ1n) is 5.44. The van der Waals surface area contributed by atoms with E-state index in [4.69, 9.17) is 0 Å². The molecule has 0 heterocycles. The lowest BCUT2D eigenvalue weighted by atomic mass is 9.65. The highest BCUT2D eigenvalue weighted by Crippen LogP contribution is 2.44. The highest BCUT2D eigenvalue weighted by atomic mass is 19.2. The predicted octanol–water partition coefficient (Wildman–Crippen LogP) is 4.71. The molecule has 18 heavy (non-hydrogen) atoms. The first-order valence-corrected chi connectivity index (χ1v) is 5.44. The predicted molar refractivity (Wildman–Crippen MR) is 58.7 cm³/mol. The molecule has 0 unspecified atom stereocenters. The molecule has 0 saturated heterocycles. The van der Waals surface area contributed by atoms with Gasteiger partial charge in [0.05, 0.1) is 0 Å². The van der Waals surface area contributed by atoms with E-state index in [2.05, 4.69) is 0 Å². The summed E-state index contributed by atoms with van der Waals surface area (Å²) in [4.78, 5) is 0. The summed E-state index contributed by atoms with van der Waals surface area (Å²) >= 11 is 0. The van der Waals surface area contributed by atoms with Gasteiger partial charge in [-0.15, -0.1) is 0 Å². The molecule has 0 nitrogen and oxygen atoms in total. The van der Waals surface area contributed by atoms with Gasteiger partial charge in [0.1, 0.15) is 0 Å². The molecule has 102 valence electrons. The Kier molecular flexibility index (Phi) is 3.49. The van der Waals surface area contributed by atoms with Gasteiger partial charge in [-0.1, -0.05) is 34.6 Å². The lowest BCUT2D eigenvalue weighted by Gasteiger charge is -2.39. The summed E-state index contributed by atoms with van der Waals surface area (Å²) in [6.07, 6.45) is 0. The summed E-state index contributed by atoms with van der Waals surface area (Å²) in [5, 5.41) is 0. The zero-order valence-corrected chi connectivity index (χ0v) is 10.9. The van der Waals surface area contributed by atoms with Crippen LogP contribution in [0.4, 0.5) is 22.0 Å². The maximum absolute atomic E-state index is 13.7. The monoisotopic (exact) mass is 266 g/mol. The van der Waals surface area contributed by atoms with Crippen LogP contribution in [0.2, 0.25) is 0 Å². The average molecular weight is 266 g/mol. The Balaban J connectivity index is 3.72. The molecule has 0 bridgehead atoms. The van der Waals surface area contributed by atoms with E-state index in [-0.39, 0.29) is 0 Å². The van der Waals surface area contributed by atoms with E-state index in [1.165, 1.54) is 13.8 Å². The molecule has 0 saturated carbocycles. The molecule has 5 heteroatoms. The van der Waals surface area contributed by atoms with Gasteiger partial charge in [-0.3, -0.25) is 0 Å². The molecule has 0 aliphatic heterocycles. The Hall–Kier alpha value is -1.13. The van der Waals surface area contributed by atoms with Crippen molar-refractivity contribution in [2.24, 2.45) is 5.41 Å². The van der Waals surface area contributed by atoms with Crippen LogP contribution in [-0.4, -0.2) is 0 Å². The van der Waals surface area contributed by atoms with Gasteiger partial charge in [-0.05, 0) is 5.41 Å². The van der Waals surface area contributed by atoms with Crippen LogP contribution >= 0.6 is 0 Å².